The second-order valence-corrected chi connectivity index (χ2v) is 9.83. The van der Waals surface area contributed by atoms with Gasteiger partial charge >= 0.3 is 5.97 Å². The molecular weight excluding hydrogens is 542 g/mol. The van der Waals surface area contributed by atoms with Crippen LogP contribution in [0.25, 0.3) is 0 Å². The molecule has 0 fully saturated rings. The van der Waals surface area contributed by atoms with E-state index >= 15 is 0 Å². The number of nitrogens with one attached hydrogen (secondary N) is 2. The Morgan fingerprint density at radius 1 is 0.825 bits per heavy atom. The number of para-hydroxylation sites is 2. The van der Waals surface area contributed by atoms with Gasteiger partial charge in [-0.1, -0.05) is 24.3 Å². The summed E-state index contributed by atoms with van der Waals surface area (Å²) in [7, 11) is -0.900. The second-order valence-electron chi connectivity index (χ2n) is 8.27. The molecule has 0 spiro atoms. The molecule has 2 amide bonds. The molecule has 0 heterocycles. The average Bonchev–Trinajstić information content (AvgIpc) is 2.94. The maximum absolute atomic E-state index is 12.4. The fraction of sp³-hybridized carbons (Fsp3) is 0.222. The van der Waals surface area contributed by atoms with Gasteiger partial charge in [0.05, 0.1) is 30.4 Å². The van der Waals surface area contributed by atoms with Crippen molar-refractivity contribution >= 4 is 33.5 Å². The fourth-order valence-corrected chi connectivity index (χ4v) is 3.96. The Kier molecular flexibility index (Phi) is 10.4. The Labute approximate surface area is 231 Å². The summed E-state index contributed by atoms with van der Waals surface area (Å²) in [6.07, 6.45) is 0.431. The lowest BCUT2D eigenvalue weighted by molar-refractivity contribution is -0.124. The summed E-state index contributed by atoms with van der Waals surface area (Å²) in [5.74, 6) is -0.778. The summed E-state index contributed by atoms with van der Waals surface area (Å²) in [5, 5.41) is 10.4. The van der Waals surface area contributed by atoms with Crippen LogP contribution < -0.4 is 30.0 Å². The number of methoxy groups -OCH3 is 2. The van der Waals surface area contributed by atoms with Crippen LogP contribution in [0.15, 0.2) is 71.6 Å². The van der Waals surface area contributed by atoms with Gasteiger partial charge in [0.2, 0.25) is 10.0 Å². The number of amides is 2. The van der Waals surface area contributed by atoms with Crippen LogP contribution in [0.5, 0.6) is 17.2 Å². The summed E-state index contributed by atoms with van der Waals surface area (Å²) in [6.45, 7) is -0.586. The van der Waals surface area contributed by atoms with Gasteiger partial charge in [-0.25, -0.2) is 18.4 Å². The molecule has 0 bridgehead atoms. The topological polar surface area (TPSA) is 172 Å². The summed E-state index contributed by atoms with van der Waals surface area (Å²) < 4.78 is 43.7. The third-order valence-electron chi connectivity index (χ3n) is 5.46. The highest BCUT2D eigenvalue weighted by atomic mass is 32.2. The number of sulfonamides is 1. The fourth-order valence-electron chi connectivity index (χ4n) is 3.45. The van der Waals surface area contributed by atoms with Gasteiger partial charge in [-0.3, -0.25) is 9.59 Å². The van der Waals surface area contributed by atoms with Crippen molar-refractivity contribution in [2.45, 2.75) is 11.3 Å². The van der Waals surface area contributed by atoms with Crippen molar-refractivity contribution in [1.82, 2.24) is 5.32 Å². The van der Waals surface area contributed by atoms with Crippen molar-refractivity contribution in [2.24, 2.45) is 5.14 Å². The van der Waals surface area contributed by atoms with Crippen LogP contribution >= 0.6 is 0 Å². The normalized spacial score (nSPS) is 10.8. The first-order valence-electron chi connectivity index (χ1n) is 11.9. The maximum atomic E-state index is 12.4. The molecule has 13 heteroatoms. The zero-order valence-electron chi connectivity index (χ0n) is 21.8. The average molecular weight is 572 g/mol. The molecule has 4 N–H and O–H groups in total. The molecular formula is C27H29N3O9S. The summed E-state index contributed by atoms with van der Waals surface area (Å²) in [5.41, 5.74) is 1.40. The van der Waals surface area contributed by atoms with E-state index in [4.69, 9.17) is 24.1 Å². The number of anilines is 1. The predicted octanol–water partition coefficient (Wildman–Crippen LogP) is 1.88. The number of esters is 1. The van der Waals surface area contributed by atoms with Crippen molar-refractivity contribution in [3.8, 4) is 17.2 Å². The standard InChI is InChI=1S/C27H29N3O9S/c1-36-22-6-4-3-5-21(22)30-26(32)17-38-23-12-9-19(15-24(23)37-2)27(33)39-16-25(31)29-14-13-18-7-10-20(11-8-18)40(28,34)35/h3-12,15H,13-14,16-17H2,1-2H3,(H,29,31)(H,30,32)(H2,28,34,35). The van der Waals surface area contributed by atoms with Crippen molar-refractivity contribution in [3.63, 3.8) is 0 Å². The van der Waals surface area contributed by atoms with Crippen molar-refractivity contribution in [1.29, 1.82) is 0 Å². The first-order valence-corrected chi connectivity index (χ1v) is 13.4. The molecule has 0 aliphatic carbocycles. The lowest BCUT2D eigenvalue weighted by Gasteiger charge is -2.13. The molecule has 0 saturated heterocycles. The number of hydrogen-bond acceptors (Lipinski definition) is 9. The van der Waals surface area contributed by atoms with Gasteiger partial charge < -0.3 is 29.6 Å². The molecule has 40 heavy (non-hydrogen) atoms. The first kappa shape index (κ1) is 29.9. The van der Waals surface area contributed by atoms with Crippen LogP contribution in [-0.4, -0.2) is 60.2 Å². The molecule has 3 rings (SSSR count). The Hall–Kier alpha value is -4.62. The van der Waals surface area contributed by atoms with Crippen LogP contribution in [0, 0.1) is 0 Å². The van der Waals surface area contributed by atoms with Crippen LogP contribution in [-0.2, 0) is 30.8 Å². The van der Waals surface area contributed by atoms with Gasteiger partial charge in [-0.15, -0.1) is 0 Å². The number of nitrogens with two attached hydrogens (primary N) is 1. The third-order valence-corrected chi connectivity index (χ3v) is 6.39. The Balaban J connectivity index is 1.45. The highest BCUT2D eigenvalue weighted by molar-refractivity contribution is 7.89. The zero-order valence-corrected chi connectivity index (χ0v) is 22.7. The van der Waals surface area contributed by atoms with E-state index in [2.05, 4.69) is 10.6 Å². The minimum atomic E-state index is -3.77. The highest BCUT2D eigenvalue weighted by Crippen LogP contribution is 2.29. The van der Waals surface area contributed by atoms with Gasteiger partial charge in [0.15, 0.2) is 24.7 Å². The smallest absolute Gasteiger partial charge is 0.338 e. The number of benzene rings is 3. The summed E-state index contributed by atoms with van der Waals surface area (Å²) in [4.78, 5) is 36.8. The molecule has 0 saturated carbocycles. The minimum Gasteiger partial charge on any atom is -0.495 e. The molecule has 3 aromatic rings. The lowest BCUT2D eigenvalue weighted by Crippen LogP contribution is -2.30. The number of primary sulfonamides is 1. The van der Waals surface area contributed by atoms with Gasteiger partial charge in [-0.05, 0) is 54.4 Å². The van der Waals surface area contributed by atoms with Crippen LogP contribution in [0.2, 0.25) is 0 Å². The van der Waals surface area contributed by atoms with E-state index in [1.807, 2.05) is 0 Å². The quantitative estimate of drug-likeness (QED) is 0.259. The van der Waals surface area contributed by atoms with Crippen molar-refractivity contribution < 1.29 is 41.7 Å². The van der Waals surface area contributed by atoms with E-state index in [9.17, 15) is 22.8 Å². The van der Waals surface area contributed by atoms with Crippen LogP contribution in [0.4, 0.5) is 5.69 Å². The predicted molar refractivity (Wildman–Crippen MR) is 145 cm³/mol. The Morgan fingerprint density at radius 2 is 1.52 bits per heavy atom. The molecule has 0 atom stereocenters. The molecule has 0 aliphatic heterocycles. The van der Waals surface area contributed by atoms with E-state index < -0.39 is 34.4 Å². The molecule has 212 valence electrons. The third kappa shape index (κ3) is 8.71. The number of carbonyl (C=O) groups is 3. The largest absolute Gasteiger partial charge is 0.495 e. The van der Waals surface area contributed by atoms with Crippen LogP contribution in [0.1, 0.15) is 15.9 Å². The lowest BCUT2D eigenvalue weighted by atomic mass is 10.1. The highest BCUT2D eigenvalue weighted by Gasteiger charge is 2.16. The van der Waals surface area contributed by atoms with E-state index in [0.717, 1.165) is 5.56 Å². The van der Waals surface area contributed by atoms with E-state index in [1.54, 1.807) is 36.4 Å². The van der Waals surface area contributed by atoms with E-state index in [-0.39, 0.29) is 35.1 Å². The minimum absolute atomic E-state index is 0.00183. The monoisotopic (exact) mass is 571 g/mol. The molecule has 0 aromatic heterocycles. The van der Waals surface area contributed by atoms with Gasteiger partial charge in [0, 0.05) is 6.54 Å². The second kappa shape index (κ2) is 14.0. The molecule has 0 aliphatic rings. The molecule has 0 radical (unpaired) electrons. The number of carbonyl (C=O) groups excluding carboxylic acids is 3. The van der Waals surface area contributed by atoms with Crippen LogP contribution in [0.3, 0.4) is 0 Å². The molecule has 12 nitrogen and oxygen atoms in total. The van der Waals surface area contributed by atoms with Crippen molar-refractivity contribution in [3.05, 3.63) is 77.9 Å². The number of rotatable bonds is 13. The van der Waals surface area contributed by atoms with Gasteiger partial charge in [0.25, 0.3) is 11.8 Å². The van der Waals surface area contributed by atoms with E-state index in [1.165, 1.54) is 44.6 Å². The first-order chi connectivity index (χ1) is 19.1. The number of hydrogen-bond donors (Lipinski definition) is 3. The molecule has 3 aromatic carbocycles. The maximum Gasteiger partial charge on any atom is 0.338 e. The Bertz CT molecular complexity index is 1460. The summed E-state index contributed by atoms with van der Waals surface area (Å²) >= 11 is 0. The van der Waals surface area contributed by atoms with Gasteiger partial charge in [-0.2, -0.15) is 0 Å². The van der Waals surface area contributed by atoms with Crippen molar-refractivity contribution in [2.75, 3.05) is 39.3 Å². The van der Waals surface area contributed by atoms with E-state index in [0.29, 0.717) is 17.9 Å². The van der Waals surface area contributed by atoms with Gasteiger partial charge in [0.1, 0.15) is 5.75 Å². The zero-order chi connectivity index (χ0) is 29.1. The SMILES string of the molecule is COc1ccccc1NC(=O)COc1ccc(C(=O)OCC(=O)NCCc2ccc(S(N)(=O)=O)cc2)cc1OC. The summed E-state index contributed by atoms with van der Waals surface area (Å²) in [6, 6.07) is 17.1. The number of ether oxygens (including phenoxy) is 4. The Morgan fingerprint density at radius 3 is 2.20 bits per heavy atom. The molecule has 0 unspecified atom stereocenters.